The Labute approximate surface area is 182 Å². The van der Waals surface area contributed by atoms with E-state index in [4.69, 9.17) is 9.84 Å². The first-order valence-electron chi connectivity index (χ1n) is 10.0. The van der Waals surface area contributed by atoms with Gasteiger partial charge in [-0.1, -0.05) is 0 Å². The minimum Gasteiger partial charge on any atom is -0.497 e. The summed E-state index contributed by atoms with van der Waals surface area (Å²) in [5, 5.41) is 8.88. The van der Waals surface area contributed by atoms with Gasteiger partial charge < -0.3 is 10.1 Å². The van der Waals surface area contributed by atoms with Crippen molar-refractivity contribution in [3.8, 4) is 11.4 Å². The summed E-state index contributed by atoms with van der Waals surface area (Å²) in [5.41, 5.74) is 4.00. The second-order valence-electron chi connectivity index (χ2n) is 7.49. The molecule has 3 aromatic heterocycles. The molecule has 1 aliphatic carbocycles. The Balaban J connectivity index is 1.39. The van der Waals surface area contributed by atoms with Gasteiger partial charge in [0.25, 0.3) is 5.91 Å². The fourth-order valence-electron chi connectivity index (χ4n) is 3.98. The van der Waals surface area contributed by atoms with E-state index in [2.05, 4.69) is 10.3 Å². The van der Waals surface area contributed by atoms with E-state index >= 15 is 0 Å². The number of benzene rings is 1. The molecule has 5 rings (SSSR count). The lowest BCUT2D eigenvalue weighted by molar-refractivity contribution is 0.0937. The van der Waals surface area contributed by atoms with Crippen LogP contribution in [0.2, 0.25) is 0 Å². The lowest BCUT2D eigenvalue weighted by Crippen LogP contribution is -2.38. The average molecular weight is 433 g/mol. The van der Waals surface area contributed by atoms with Gasteiger partial charge >= 0.3 is 0 Å². The molecule has 0 bridgehead atoms. The van der Waals surface area contributed by atoms with Gasteiger partial charge in [0.05, 0.1) is 33.8 Å². The summed E-state index contributed by atoms with van der Waals surface area (Å²) >= 11 is 1.21. The molecule has 8 heteroatoms. The monoisotopic (exact) mass is 432 g/mol. The van der Waals surface area contributed by atoms with Crippen molar-refractivity contribution in [3.05, 3.63) is 69.8 Å². The van der Waals surface area contributed by atoms with Crippen LogP contribution in [0.3, 0.4) is 0 Å². The Kier molecular flexibility index (Phi) is 4.99. The number of fused-ring (bicyclic) bond motifs is 2. The largest absolute Gasteiger partial charge is 0.497 e. The highest BCUT2D eigenvalue weighted by atomic mass is 32.1. The summed E-state index contributed by atoms with van der Waals surface area (Å²) < 4.78 is 7.27. The lowest BCUT2D eigenvalue weighted by Gasteiger charge is -2.22. The van der Waals surface area contributed by atoms with Gasteiger partial charge in [-0.25, -0.2) is 4.68 Å². The van der Waals surface area contributed by atoms with Crippen LogP contribution in [-0.2, 0) is 12.8 Å². The number of pyridine rings is 1. The third-order valence-electron chi connectivity index (χ3n) is 5.55. The predicted molar refractivity (Wildman–Crippen MR) is 118 cm³/mol. The van der Waals surface area contributed by atoms with Crippen molar-refractivity contribution in [2.24, 2.45) is 0 Å². The second-order valence-corrected chi connectivity index (χ2v) is 8.61. The molecule has 0 radical (unpaired) electrons. The fourth-order valence-corrected chi connectivity index (χ4v) is 4.71. The highest BCUT2D eigenvalue weighted by molar-refractivity contribution is 7.15. The number of carbonyl (C=O) groups is 2. The Bertz CT molecular complexity index is 1290. The van der Waals surface area contributed by atoms with Crippen molar-refractivity contribution in [2.75, 3.05) is 7.11 Å². The van der Waals surface area contributed by atoms with Crippen molar-refractivity contribution in [3.63, 3.8) is 0 Å². The van der Waals surface area contributed by atoms with Crippen molar-refractivity contribution in [2.45, 2.75) is 25.3 Å². The SMILES string of the molecule is COc1ccc2nccc(-n3cc4c(n3)CCC(NC(=O)c3ccc(C=O)s3)C4)c2c1. The van der Waals surface area contributed by atoms with E-state index < -0.39 is 0 Å². The molecule has 0 aliphatic heterocycles. The van der Waals surface area contributed by atoms with Gasteiger partial charge in [-0.2, -0.15) is 5.10 Å². The lowest BCUT2D eigenvalue weighted by atomic mass is 9.93. The quantitative estimate of drug-likeness (QED) is 0.487. The third kappa shape index (κ3) is 3.70. The summed E-state index contributed by atoms with van der Waals surface area (Å²) in [7, 11) is 1.65. The molecule has 0 fully saturated rings. The first-order valence-corrected chi connectivity index (χ1v) is 10.8. The Morgan fingerprint density at radius 2 is 2.19 bits per heavy atom. The van der Waals surface area contributed by atoms with Crippen LogP contribution >= 0.6 is 11.3 Å². The van der Waals surface area contributed by atoms with Gasteiger partial charge in [-0.15, -0.1) is 11.3 Å². The molecule has 4 aromatic rings. The van der Waals surface area contributed by atoms with Gasteiger partial charge in [0, 0.05) is 23.8 Å². The summed E-state index contributed by atoms with van der Waals surface area (Å²) in [6.45, 7) is 0. The van der Waals surface area contributed by atoms with Crippen molar-refractivity contribution in [1.29, 1.82) is 0 Å². The number of hydrogen-bond donors (Lipinski definition) is 1. The zero-order chi connectivity index (χ0) is 21.4. The van der Waals surface area contributed by atoms with Crippen LogP contribution in [-0.4, -0.2) is 40.1 Å². The van der Waals surface area contributed by atoms with E-state index in [1.807, 2.05) is 35.1 Å². The number of nitrogens with one attached hydrogen (secondary N) is 1. The van der Waals surface area contributed by atoms with Gasteiger partial charge in [0.2, 0.25) is 0 Å². The topological polar surface area (TPSA) is 86.1 Å². The molecule has 1 N–H and O–H groups in total. The summed E-state index contributed by atoms with van der Waals surface area (Å²) in [4.78, 5) is 28.9. The number of hydrogen-bond acceptors (Lipinski definition) is 6. The second kappa shape index (κ2) is 7.96. The van der Waals surface area contributed by atoms with E-state index in [9.17, 15) is 9.59 Å². The molecule has 7 nitrogen and oxygen atoms in total. The van der Waals surface area contributed by atoms with Crippen molar-refractivity contribution >= 4 is 34.4 Å². The zero-order valence-corrected chi connectivity index (χ0v) is 17.7. The number of aromatic nitrogens is 3. The molecular formula is C23H20N4O3S. The maximum absolute atomic E-state index is 12.5. The number of rotatable bonds is 5. The van der Waals surface area contributed by atoms with Gasteiger partial charge in [-0.3, -0.25) is 14.6 Å². The van der Waals surface area contributed by atoms with Crippen LogP contribution in [0, 0.1) is 0 Å². The number of nitrogens with zero attached hydrogens (tertiary/aromatic N) is 3. The average Bonchev–Trinajstić information content (AvgIpc) is 3.45. The fraction of sp³-hybridized carbons (Fsp3) is 0.217. The van der Waals surface area contributed by atoms with E-state index in [0.29, 0.717) is 9.75 Å². The molecule has 156 valence electrons. The Morgan fingerprint density at radius 3 is 3.00 bits per heavy atom. The van der Waals surface area contributed by atoms with E-state index in [0.717, 1.165) is 59.1 Å². The zero-order valence-electron chi connectivity index (χ0n) is 16.9. The predicted octanol–water partition coefficient (Wildman–Crippen LogP) is 3.59. The highest BCUT2D eigenvalue weighted by Crippen LogP contribution is 2.28. The number of aryl methyl sites for hydroxylation is 1. The number of thiophene rings is 1. The van der Waals surface area contributed by atoms with Crippen LogP contribution in [0.1, 0.15) is 37.0 Å². The first-order chi connectivity index (χ1) is 15.1. The molecule has 1 aromatic carbocycles. The maximum atomic E-state index is 12.5. The van der Waals surface area contributed by atoms with E-state index in [1.54, 1.807) is 25.4 Å². The Hall–Kier alpha value is -3.52. The first kappa shape index (κ1) is 19.4. The molecular weight excluding hydrogens is 412 g/mol. The number of methoxy groups -OCH3 is 1. The molecule has 0 saturated heterocycles. The Morgan fingerprint density at radius 1 is 1.29 bits per heavy atom. The summed E-state index contributed by atoms with van der Waals surface area (Å²) in [6.07, 6.45) is 6.93. The third-order valence-corrected chi connectivity index (χ3v) is 6.56. The minimum absolute atomic E-state index is 0.0358. The molecule has 1 atom stereocenters. The molecule has 1 unspecified atom stereocenters. The van der Waals surface area contributed by atoms with Crippen LogP contribution in [0.15, 0.2) is 48.8 Å². The number of amides is 1. The van der Waals surface area contributed by atoms with Crippen LogP contribution < -0.4 is 10.1 Å². The van der Waals surface area contributed by atoms with Gasteiger partial charge in [0.15, 0.2) is 6.29 Å². The molecule has 0 spiro atoms. The molecule has 1 aliphatic rings. The number of carbonyl (C=O) groups excluding carboxylic acids is 2. The maximum Gasteiger partial charge on any atom is 0.261 e. The van der Waals surface area contributed by atoms with Crippen molar-refractivity contribution < 1.29 is 14.3 Å². The van der Waals surface area contributed by atoms with E-state index in [1.165, 1.54) is 11.3 Å². The van der Waals surface area contributed by atoms with Crippen LogP contribution in [0.5, 0.6) is 5.75 Å². The molecule has 31 heavy (non-hydrogen) atoms. The molecule has 1 amide bonds. The van der Waals surface area contributed by atoms with Gasteiger partial charge in [-0.05, 0) is 61.2 Å². The van der Waals surface area contributed by atoms with Crippen molar-refractivity contribution in [1.82, 2.24) is 20.1 Å². The molecule has 0 saturated carbocycles. The summed E-state index contributed by atoms with van der Waals surface area (Å²) in [5.74, 6) is 0.638. The minimum atomic E-state index is -0.133. The number of ether oxygens (including phenoxy) is 1. The van der Waals surface area contributed by atoms with Crippen LogP contribution in [0.25, 0.3) is 16.6 Å². The van der Waals surface area contributed by atoms with E-state index in [-0.39, 0.29) is 11.9 Å². The highest BCUT2D eigenvalue weighted by Gasteiger charge is 2.24. The summed E-state index contributed by atoms with van der Waals surface area (Å²) in [6, 6.07) is 11.1. The molecule has 3 heterocycles. The normalized spacial score (nSPS) is 15.5. The van der Waals surface area contributed by atoms with Crippen LogP contribution in [0.4, 0.5) is 0 Å². The van der Waals surface area contributed by atoms with Gasteiger partial charge in [0.1, 0.15) is 5.75 Å². The number of aldehydes is 1. The standard InChI is InChI=1S/C23H20N4O3S/c1-30-16-3-6-20-18(11-16)21(8-9-24-20)27-12-14-10-15(2-5-19(14)26-27)25-23(29)22-7-4-17(13-28)31-22/h3-4,6-9,11-13,15H,2,5,10H2,1H3,(H,25,29). The smallest absolute Gasteiger partial charge is 0.261 e.